The van der Waals surface area contributed by atoms with Gasteiger partial charge in [0, 0.05) is 18.2 Å². The summed E-state index contributed by atoms with van der Waals surface area (Å²) in [5, 5.41) is 3.32. The van der Waals surface area contributed by atoms with Crippen molar-refractivity contribution >= 4 is 52.4 Å². The number of nitrogens with one attached hydrogen (secondary N) is 1. The van der Waals surface area contributed by atoms with Gasteiger partial charge in [0.1, 0.15) is 5.75 Å². The minimum atomic E-state index is -0.416. The van der Waals surface area contributed by atoms with Crippen molar-refractivity contribution in [1.29, 1.82) is 0 Å². The molecule has 3 aromatic carbocycles. The molecule has 7 heteroatoms. The van der Waals surface area contributed by atoms with Crippen LogP contribution in [0.1, 0.15) is 11.1 Å². The van der Waals surface area contributed by atoms with Crippen molar-refractivity contribution in [3.63, 3.8) is 0 Å². The number of carbonyl (C=O) groups excluding carboxylic acids is 2. The van der Waals surface area contributed by atoms with E-state index in [9.17, 15) is 9.59 Å². The second-order valence-corrected chi connectivity index (χ2v) is 7.79. The first kappa shape index (κ1) is 23.4. The number of amides is 2. The number of nitrogens with zero attached hydrogens (tertiary/aromatic N) is 1. The van der Waals surface area contributed by atoms with Crippen LogP contribution in [0, 0.1) is 0 Å². The van der Waals surface area contributed by atoms with Gasteiger partial charge >= 0.3 is 0 Å². The molecule has 0 unspecified atom stereocenters. The Bertz CT molecular complexity index is 1130. The number of para-hydroxylation sites is 2. The lowest BCUT2D eigenvalue weighted by molar-refractivity contribution is -0.128. The summed E-state index contributed by atoms with van der Waals surface area (Å²) in [7, 11) is 3.14. The molecule has 1 N–H and O–H groups in total. The van der Waals surface area contributed by atoms with Gasteiger partial charge in [-0.3, -0.25) is 9.59 Å². The molecule has 0 radical (unpaired) electrons. The van der Waals surface area contributed by atoms with Gasteiger partial charge in [0.05, 0.1) is 29.4 Å². The molecule has 0 fully saturated rings. The van der Waals surface area contributed by atoms with Gasteiger partial charge < -0.3 is 15.0 Å². The summed E-state index contributed by atoms with van der Waals surface area (Å²) < 4.78 is 5.42. The summed E-state index contributed by atoms with van der Waals surface area (Å²) in [6, 6.07) is 21.6. The maximum Gasteiger partial charge on any atom is 0.254 e. The van der Waals surface area contributed by atoms with E-state index in [1.165, 1.54) is 4.90 Å². The minimum absolute atomic E-state index is 0.184. The highest BCUT2D eigenvalue weighted by Gasteiger charge is 2.20. The molecule has 5 nitrogen and oxygen atoms in total. The smallest absolute Gasteiger partial charge is 0.254 e. The molecule has 0 aromatic heterocycles. The van der Waals surface area contributed by atoms with Crippen LogP contribution >= 0.6 is 23.2 Å². The Labute approximate surface area is 197 Å². The van der Waals surface area contributed by atoms with Gasteiger partial charge in [-0.1, -0.05) is 77.8 Å². The maximum atomic E-state index is 13.4. The quantitative estimate of drug-likeness (QED) is 0.360. The van der Waals surface area contributed by atoms with E-state index < -0.39 is 5.91 Å². The summed E-state index contributed by atoms with van der Waals surface area (Å²) in [5.74, 6) is -0.0921. The van der Waals surface area contributed by atoms with E-state index in [0.29, 0.717) is 27.1 Å². The number of hydrogen-bond acceptors (Lipinski definition) is 3. The molecule has 0 saturated carbocycles. The molecule has 0 aliphatic carbocycles. The predicted molar refractivity (Wildman–Crippen MR) is 130 cm³/mol. The molecule has 3 rings (SSSR count). The van der Waals surface area contributed by atoms with Gasteiger partial charge in [0.2, 0.25) is 5.91 Å². The molecule has 0 atom stereocenters. The summed E-state index contributed by atoms with van der Waals surface area (Å²) in [4.78, 5) is 27.3. The number of ether oxygens (including phenoxy) is 1. The van der Waals surface area contributed by atoms with Crippen molar-refractivity contribution in [1.82, 2.24) is 4.90 Å². The molecule has 0 aliphatic rings. The maximum absolute atomic E-state index is 13.4. The summed E-state index contributed by atoms with van der Waals surface area (Å²) in [6.45, 7) is -0.184. The van der Waals surface area contributed by atoms with Gasteiger partial charge in [-0.15, -0.1) is 0 Å². The Balaban J connectivity index is 1.86. The molecule has 0 heterocycles. The van der Waals surface area contributed by atoms with Gasteiger partial charge in [-0.25, -0.2) is 0 Å². The van der Waals surface area contributed by atoms with E-state index in [0.717, 1.165) is 11.1 Å². The number of halogens is 2. The zero-order chi connectivity index (χ0) is 23.1. The third-order valence-electron chi connectivity index (χ3n) is 4.71. The van der Waals surface area contributed by atoms with Crippen LogP contribution in [-0.4, -0.2) is 37.4 Å². The fraction of sp³-hybridized carbons (Fsp3) is 0.120. The van der Waals surface area contributed by atoms with Crippen molar-refractivity contribution in [3.05, 3.63) is 94.0 Å². The number of rotatable bonds is 7. The fourth-order valence-electron chi connectivity index (χ4n) is 3.12. The highest BCUT2D eigenvalue weighted by atomic mass is 35.5. The standard InChI is InChI=1S/C25H22Cl2N2O3/c1-29(16-23(30)28-24-20(26)12-8-13-21(24)27)25(31)19(17-9-4-3-5-10-17)15-18-11-6-7-14-22(18)32-2/h3-15H,16H2,1-2H3,(H,28,30)/b19-15+. The van der Waals surface area contributed by atoms with Crippen molar-refractivity contribution in [3.8, 4) is 5.75 Å². The number of benzene rings is 3. The lowest BCUT2D eigenvalue weighted by atomic mass is 10.0. The zero-order valence-electron chi connectivity index (χ0n) is 17.6. The second kappa shape index (κ2) is 10.8. The molecule has 2 amide bonds. The lowest BCUT2D eigenvalue weighted by Crippen LogP contribution is -2.35. The van der Waals surface area contributed by atoms with E-state index >= 15 is 0 Å². The third-order valence-corrected chi connectivity index (χ3v) is 5.34. The van der Waals surface area contributed by atoms with Crippen LogP contribution in [0.15, 0.2) is 72.8 Å². The highest BCUT2D eigenvalue weighted by Crippen LogP contribution is 2.30. The average molecular weight is 469 g/mol. The summed E-state index contributed by atoms with van der Waals surface area (Å²) in [6.07, 6.45) is 1.76. The lowest BCUT2D eigenvalue weighted by Gasteiger charge is -2.20. The Kier molecular flexibility index (Phi) is 7.92. The molecule has 0 saturated heterocycles. The zero-order valence-corrected chi connectivity index (χ0v) is 19.2. The number of methoxy groups -OCH3 is 1. The van der Waals surface area contributed by atoms with Crippen LogP contribution in [-0.2, 0) is 9.59 Å². The molecule has 3 aromatic rings. The van der Waals surface area contributed by atoms with Crippen molar-refractivity contribution < 1.29 is 14.3 Å². The Morgan fingerprint density at radius 2 is 1.56 bits per heavy atom. The molecule has 0 bridgehead atoms. The normalized spacial score (nSPS) is 11.1. The first-order chi connectivity index (χ1) is 15.4. The number of anilines is 1. The van der Waals surface area contributed by atoms with E-state index in [-0.39, 0.29) is 12.5 Å². The molecular formula is C25H22Cl2N2O3. The van der Waals surface area contributed by atoms with Crippen LogP contribution < -0.4 is 10.1 Å². The van der Waals surface area contributed by atoms with Crippen molar-refractivity contribution in [2.75, 3.05) is 26.0 Å². The van der Waals surface area contributed by atoms with E-state index in [4.69, 9.17) is 27.9 Å². The molecule has 32 heavy (non-hydrogen) atoms. The Morgan fingerprint density at radius 3 is 2.22 bits per heavy atom. The number of carbonyl (C=O) groups is 2. The fourth-order valence-corrected chi connectivity index (χ4v) is 3.61. The van der Waals surface area contributed by atoms with E-state index in [1.807, 2.05) is 54.6 Å². The van der Waals surface area contributed by atoms with Crippen molar-refractivity contribution in [2.45, 2.75) is 0 Å². The number of hydrogen-bond donors (Lipinski definition) is 1. The van der Waals surface area contributed by atoms with Gasteiger partial charge in [-0.2, -0.15) is 0 Å². The third kappa shape index (κ3) is 5.69. The van der Waals surface area contributed by atoms with Crippen LogP contribution in [0.25, 0.3) is 11.6 Å². The Hall–Kier alpha value is -3.28. The summed E-state index contributed by atoms with van der Waals surface area (Å²) in [5.41, 5.74) is 2.23. The van der Waals surface area contributed by atoms with Gasteiger partial charge in [0.25, 0.3) is 5.91 Å². The van der Waals surface area contributed by atoms with Crippen LogP contribution in [0.4, 0.5) is 5.69 Å². The van der Waals surface area contributed by atoms with Crippen LogP contribution in [0.3, 0.4) is 0 Å². The SMILES string of the molecule is COc1ccccc1/C=C(/C(=O)N(C)CC(=O)Nc1c(Cl)cccc1Cl)c1ccccc1. The topological polar surface area (TPSA) is 58.6 Å². The molecule has 164 valence electrons. The first-order valence-corrected chi connectivity index (χ1v) is 10.6. The minimum Gasteiger partial charge on any atom is -0.496 e. The first-order valence-electron chi connectivity index (χ1n) is 9.80. The van der Waals surface area contributed by atoms with Gasteiger partial charge in [-0.05, 0) is 29.8 Å². The monoisotopic (exact) mass is 468 g/mol. The van der Waals surface area contributed by atoms with E-state index in [2.05, 4.69) is 5.32 Å². The highest BCUT2D eigenvalue weighted by molar-refractivity contribution is 6.39. The predicted octanol–water partition coefficient (Wildman–Crippen LogP) is 5.64. The number of likely N-dealkylation sites (N-methyl/N-ethyl adjacent to an activating group) is 1. The van der Waals surface area contributed by atoms with E-state index in [1.54, 1.807) is 38.4 Å². The van der Waals surface area contributed by atoms with Crippen LogP contribution in [0.5, 0.6) is 5.75 Å². The molecule has 0 spiro atoms. The molecule has 0 aliphatic heterocycles. The Morgan fingerprint density at radius 1 is 0.938 bits per heavy atom. The van der Waals surface area contributed by atoms with Gasteiger partial charge in [0.15, 0.2) is 0 Å². The largest absolute Gasteiger partial charge is 0.496 e. The second-order valence-electron chi connectivity index (χ2n) is 6.97. The van der Waals surface area contributed by atoms with Crippen LogP contribution in [0.2, 0.25) is 10.0 Å². The average Bonchev–Trinajstić information content (AvgIpc) is 2.80. The van der Waals surface area contributed by atoms with Crippen molar-refractivity contribution in [2.24, 2.45) is 0 Å². The molecular weight excluding hydrogens is 447 g/mol. The summed E-state index contributed by atoms with van der Waals surface area (Å²) >= 11 is 12.2.